The van der Waals surface area contributed by atoms with E-state index in [0.29, 0.717) is 16.8 Å². The first-order chi connectivity index (χ1) is 7.88. The summed E-state index contributed by atoms with van der Waals surface area (Å²) >= 11 is 5.05. The molecule has 0 atom stereocenters. The first kappa shape index (κ1) is 14.4. The van der Waals surface area contributed by atoms with Gasteiger partial charge in [0.25, 0.3) is 0 Å². The Morgan fingerprint density at radius 3 is 2.53 bits per heavy atom. The fourth-order valence-corrected chi connectivity index (χ4v) is 2.77. The van der Waals surface area contributed by atoms with Crippen molar-refractivity contribution in [3.05, 3.63) is 0 Å². The molecule has 0 aromatic rings. The Hall–Kier alpha value is -0.640. The summed E-state index contributed by atoms with van der Waals surface area (Å²) in [7, 11) is 0. The first-order valence-corrected chi connectivity index (χ1v) is 6.87. The maximum Gasteiger partial charge on any atom is 0.233 e. The molecule has 17 heavy (non-hydrogen) atoms. The number of hydrogen-bond acceptors (Lipinski definition) is 2. The van der Waals surface area contributed by atoms with Gasteiger partial charge in [-0.05, 0) is 37.5 Å². The van der Waals surface area contributed by atoms with Crippen molar-refractivity contribution in [2.45, 2.75) is 46.5 Å². The Bertz CT molecular complexity index is 296. The van der Waals surface area contributed by atoms with Crippen LogP contribution in [0.2, 0.25) is 0 Å². The minimum absolute atomic E-state index is 0.0341. The molecule has 98 valence electrons. The summed E-state index contributed by atoms with van der Waals surface area (Å²) in [4.78, 5) is 12.5. The van der Waals surface area contributed by atoms with E-state index in [1.807, 2.05) is 0 Å². The fourth-order valence-electron chi connectivity index (χ4n) is 2.51. The van der Waals surface area contributed by atoms with E-state index in [4.69, 9.17) is 18.0 Å². The molecule has 1 aliphatic carbocycles. The highest BCUT2D eigenvalue weighted by molar-refractivity contribution is 7.80. The second-order valence-electron chi connectivity index (χ2n) is 5.75. The van der Waals surface area contributed by atoms with Gasteiger partial charge >= 0.3 is 0 Å². The third kappa shape index (κ3) is 3.41. The van der Waals surface area contributed by atoms with Crippen LogP contribution < -0.4 is 11.1 Å². The van der Waals surface area contributed by atoms with Crippen LogP contribution in [-0.2, 0) is 4.79 Å². The Kier molecular flexibility index (Phi) is 4.92. The lowest BCUT2D eigenvalue weighted by Crippen LogP contribution is -2.56. The molecule has 3 N–H and O–H groups in total. The second kappa shape index (κ2) is 5.80. The average molecular weight is 256 g/mol. The number of amides is 1. The van der Waals surface area contributed by atoms with E-state index >= 15 is 0 Å². The van der Waals surface area contributed by atoms with Crippen molar-refractivity contribution in [2.75, 3.05) is 6.54 Å². The van der Waals surface area contributed by atoms with Gasteiger partial charge in [-0.3, -0.25) is 4.79 Å². The Morgan fingerprint density at radius 2 is 2.12 bits per heavy atom. The lowest BCUT2D eigenvalue weighted by Gasteiger charge is -2.44. The van der Waals surface area contributed by atoms with Gasteiger partial charge in [-0.2, -0.15) is 0 Å². The van der Waals surface area contributed by atoms with Crippen molar-refractivity contribution in [3.8, 4) is 0 Å². The van der Waals surface area contributed by atoms with Crippen molar-refractivity contribution in [3.63, 3.8) is 0 Å². The predicted octanol–water partition coefficient (Wildman–Crippen LogP) is 2.24. The monoisotopic (exact) mass is 256 g/mol. The number of carbonyl (C=O) groups is 1. The Morgan fingerprint density at radius 1 is 1.53 bits per heavy atom. The van der Waals surface area contributed by atoms with E-state index in [1.54, 1.807) is 0 Å². The maximum absolute atomic E-state index is 12.1. The molecule has 1 saturated carbocycles. The summed E-state index contributed by atoms with van der Waals surface area (Å²) in [5.41, 5.74) is 5.17. The highest BCUT2D eigenvalue weighted by Crippen LogP contribution is 2.45. The summed E-state index contributed by atoms with van der Waals surface area (Å²) in [5.74, 6) is 1.27. The molecule has 1 amide bonds. The minimum Gasteiger partial charge on any atom is -0.392 e. The molecule has 0 heterocycles. The van der Waals surface area contributed by atoms with Gasteiger partial charge in [0, 0.05) is 6.54 Å². The van der Waals surface area contributed by atoms with Gasteiger partial charge in [0.15, 0.2) is 0 Å². The molecular formula is C13H24N2OS. The van der Waals surface area contributed by atoms with Gasteiger partial charge in [-0.25, -0.2) is 0 Å². The molecule has 3 nitrogen and oxygen atoms in total. The normalized spacial score (nSPS) is 27.6. The fraction of sp³-hybridized carbons (Fsp3) is 0.846. The number of nitrogens with two attached hydrogens (primary N) is 1. The lowest BCUT2D eigenvalue weighted by atomic mass is 9.62. The minimum atomic E-state index is -0.549. The largest absolute Gasteiger partial charge is 0.392 e. The average Bonchev–Trinajstić information content (AvgIpc) is 2.18. The molecule has 0 bridgehead atoms. The summed E-state index contributed by atoms with van der Waals surface area (Å²) in [5, 5.41) is 2.98. The third-order valence-corrected chi connectivity index (χ3v) is 3.93. The quantitative estimate of drug-likeness (QED) is 0.566. The van der Waals surface area contributed by atoms with Crippen LogP contribution in [0.25, 0.3) is 0 Å². The van der Waals surface area contributed by atoms with Crippen LogP contribution in [0.5, 0.6) is 0 Å². The molecule has 0 spiro atoms. The molecular weight excluding hydrogens is 232 g/mol. The van der Waals surface area contributed by atoms with Crippen molar-refractivity contribution in [1.29, 1.82) is 0 Å². The molecule has 4 heteroatoms. The van der Waals surface area contributed by atoms with E-state index in [9.17, 15) is 4.79 Å². The third-order valence-electron chi connectivity index (χ3n) is 3.54. The number of carbonyl (C=O) groups excluding carboxylic acids is 1. The van der Waals surface area contributed by atoms with Gasteiger partial charge in [0.1, 0.15) is 0 Å². The van der Waals surface area contributed by atoms with Crippen molar-refractivity contribution in [1.82, 2.24) is 5.32 Å². The molecule has 1 fully saturated rings. The van der Waals surface area contributed by atoms with E-state index in [-0.39, 0.29) is 5.91 Å². The predicted molar refractivity (Wildman–Crippen MR) is 74.7 cm³/mol. The Labute approximate surface area is 110 Å². The summed E-state index contributed by atoms with van der Waals surface area (Å²) < 4.78 is 0. The number of thiocarbonyl (C=S) groups is 1. The Balaban J connectivity index is 2.38. The zero-order chi connectivity index (χ0) is 13.1. The lowest BCUT2D eigenvalue weighted by molar-refractivity contribution is -0.132. The highest BCUT2D eigenvalue weighted by Gasteiger charge is 2.50. The van der Waals surface area contributed by atoms with E-state index < -0.39 is 5.41 Å². The van der Waals surface area contributed by atoms with Crippen molar-refractivity contribution >= 4 is 23.1 Å². The number of hydrogen-bond donors (Lipinski definition) is 2. The van der Waals surface area contributed by atoms with Gasteiger partial charge < -0.3 is 11.1 Å². The summed E-state index contributed by atoms with van der Waals surface area (Å²) in [6.45, 7) is 7.23. The van der Waals surface area contributed by atoms with Crippen LogP contribution >= 0.6 is 12.2 Å². The van der Waals surface area contributed by atoms with Crippen molar-refractivity contribution in [2.24, 2.45) is 23.0 Å². The molecule has 0 aromatic heterocycles. The molecule has 0 aliphatic heterocycles. The first-order valence-electron chi connectivity index (χ1n) is 6.46. The highest BCUT2D eigenvalue weighted by atomic mass is 32.1. The van der Waals surface area contributed by atoms with Gasteiger partial charge in [0.05, 0.1) is 10.4 Å². The maximum atomic E-state index is 12.1. The summed E-state index contributed by atoms with van der Waals surface area (Å²) in [6.07, 6.45) is 3.76. The van der Waals surface area contributed by atoms with Gasteiger partial charge in [-0.15, -0.1) is 0 Å². The molecule has 0 aromatic carbocycles. The zero-order valence-electron chi connectivity index (χ0n) is 11.1. The standard InChI is InChI=1S/C13H24N2OS/c1-9(2)5-4-6-15-12(16)13(11(14)17)7-10(3)8-13/h9-10H,4-8H2,1-3H3,(H2,14,17)(H,15,16). The van der Waals surface area contributed by atoms with E-state index in [1.165, 1.54) is 0 Å². The molecule has 0 saturated heterocycles. The van der Waals surface area contributed by atoms with Crippen molar-refractivity contribution < 1.29 is 4.79 Å². The van der Waals surface area contributed by atoms with Crippen LogP contribution in [0.1, 0.15) is 46.5 Å². The molecule has 0 radical (unpaired) electrons. The van der Waals surface area contributed by atoms with E-state index in [0.717, 1.165) is 32.2 Å². The smallest absolute Gasteiger partial charge is 0.233 e. The number of rotatable bonds is 6. The van der Waals surface area contributed by atoms with Gasteiger partial charge in [-0.1, -0.05) is 33.0 Å². The molecule has 1 rings (SSSR count). The van der Waals surface area contributed by atoms with E-state index in [2.05, 4.69) is 26.1 Å². The van der Waals surface area contributed by atoms with Crippen LogP contribution in [-0.4, -0.2) is 17.4 Å². The van der Waals surface area contributed by atoms with Crippen LogP contribution in [0.4, 0.5) is 0 Å². The molecule has 0 unspecified atom stereocenters. The number of nitrogens with one attached hydrogen (secondary N) is 1. The van der Waals surface area contributed by atoms with Crippen LogP contribution in [0, 0.1) is 17.3 Å². The van der Waals surface area contributed by atoms with Crippen LogP contribution in [0.15, 0.2) is 0 Å². The van der Waals surface area contributed by atoms with Gasteiger partial charge in [0.2, 0.25) is 5.91 Å². The topological polar surface area (TPSA) is 55.1 Å². The summed E-state index contributed by atoms with van der Waals surface area (Å²) in [6, 6.07) is 0. The SMILES string of the molecule is CC(C)CCCNC(=O)C1(C(N)=S)CC(C)C1. The zero-order valence-corrected chi connectivity index (χ0v) is 11.9. The second-order valence-corrected chi connectivity index (χ2v) is 6.19. The van der Waals surface area contributed by atoms with Crippen LogP contribution in [0.3, 0.4) is 0 Å². The molecule has 1 aliphatic rings.